The summed E-state index contributed by atoms with van der Waals surface area (Å²) in [7, 11) is 2.18. The van der Waals surface area contributed by atoms with Crippen LogP contribution in [0, 0.1) is 12.8 Å². The molecule has 0 amide bonds. The fourth-order valence-corrected chi connectivity index (χ4v) is 2.22. The van der Waals surface area contributed by atoms with Crippen molar-refractivity contribution in [2.24, 2.45) is 5.92 Å². The van der Waals surface area contributed by atoms with Gasteiger partial charge in [0, 0.05) is 12.7 Å². The molecule has 0 aromatic carbocycles. The second-order valence-electron chi connectivity index (χ2n) is 5.02. The average molecular weight is 234 g/mol. The largest absolute Gasteiger partial charge is 0.396 e. The second kappa shape index (κ2) is 5.36. The van der Waals surface area contributed by atoms with Crippen molar-refractivity contribution in [2.75, 3.05) is 37.7 Å². The van der Waals surface area contributed by atoms with E-state index in [-0.39, 0.29) is 0 Å². The predicted octanol–water partition coefficient (Wildman–Crippen LogP) is 1.73. The van der Waals surface area contributed by atoms with E-state index in [0.29, 0.717) is 0 Å². The first-order chi connectivity index (χ1) is 8.16. The van der Waals surface area contributed by atoms with E-state index < -0.39 is 0 Å². The molecule has 4 heteroatoms. The number of nitrogens with two attached hydrogens (primary N) is 1. The van der Waals surface area contributed by atoms with Crippen LogP contribution in [0.15, 0.2) is 12.3 Å². The van der Waals surface area contributed by atoms with Crippen molar-refractivity contribution >= 4 is 11.5 Å². The van der Waals surface area contributed by atoms with E-state index in [0.717, 1.165) is 29.5 Å². The number of aryl methyl sites for hydroxylation is 1. The molecule has 1 aliphatic heterocycles. The molecule has 0 radical (unpaired) electrons. The fraction of sp³-hybridized carbons (Fsp3) is 0.615. The fourth-order valence-electron chi connectivity index (χ4n) is 2.22. The Kier molecular flexibility index (Phi) is 3.84. The molecule has 0 unspecified atom stereocenters. The number of hydrogen-bond acceptors (Lipinski definition) is 4. The molecular weight excluding hydrogens is 212 g/mol. The lowest BCUT2D eigenvalue weighted by Gasteiger charge is -2.29. The van der Waals surface area contributed by atoms with Crippen LogP contribution >= 0.6 is 0 Å². The normalized spacial score (nSPS) is 18.2. The molecule has 0 aliphatic carbocycles. The summed E-state index contributed by atoms with van der Waals surface area (Å²) < 4.78 is 0. The molecule has 1 aromatic heterocycles. The second-order valence-corrected chi connectivity index (χ2v) is 5.02. The Bertz CT molecular complexity index is 370. The maximum atomic E-state index is 5.99. The molecule has 3 N–H and O–H groups in total. The summed E-state index contributed by atoms with van der Waals surface area (Å²) in [5, 5.41) is 3.38. The molecule has 0 saturated carbocycles. The van der Waals surface area contributed by atoms with Gasteiger partial charge in [-0.1, -0.05) is 0 Å². The number of pyridine rings is 1. The molecule has 0 atom stereocenters. The zero-order chi connectivity index (χ0) is 12.3. The van der Waals surface area contributed by atoms with Gasteiger partial charge in [0.05, 0.1) is 5.69 Å². The van der Waals surface area contributed by atoms with E-state index in [4.69, 9.17) is 5.73 Å². The van der Waals surface area contributed by atoms with Gasteiger partial charge in [0.2, 0.25) is 0 Å². The number of likely N-dealkylation sites (tertiary alicyclic amines) is 1. The van der Waals surface area contributed by atoms with Gasteiger partial charge in [-0.15, -0.1) is 0 Å². The summed E-state index contributed by atoms with van der Waals surface area (Å²) >= 11 is 0. The summed E-state index contributed by atoms with van der Waals surface area (Å²) in [5.74, 6) is 1.58. The third kappa shape index (κ3) is 3.09. The third-order valence-corrected chi connectivity index (χ3v) is 3.60. The molecule has 2 heterocycles. The van der Waals surface area contributed by atoms with Crippen molar-refractivity contribution in [3.8, 4) is 0 Å². The number of nitrogen functional groups attached to an aromatic ring is 1. The van der Waals surface area contributed by atoms with E-state index in [1.165, 1.54) is 25.9 Å². The van der Waals surface area contributed by atoms with Crippen molar-refractivity contribution in [3.05, 3.63) is 17.8 Å². The Balaban J connectivity index is 1.87. The number of nitrogens with one attached hydrogen (secondary N) is 1. The highest BCUT2D eigenvalue weighted by atomic mass is 15.1. The van der Waals surface area contributed by atoms with Crippen LogP contribution in [0.3, 0.4) is 0 Å². The maximum absolute atomic E-state index is 5.99. The topological polar surface area (TPSA) is 54.2 Å². The van der Waals surface area contributed by atoms with Crippen LogP contribution in [-0.2, 0) is 0 Å². The Morgan fingerprint density at radius 3 is 2.88 bits per heavy atom. The number of aromatic nitrogens is 1. The molecule has 1 aromatic rings. The van der Waals surface area contributed by atoms with E-state index >= 15 is 0 Å². The van der Waals surface area contributed by atoms with Gasteiger partial charge in [-0.2, -0.15) is 0 Å². The lowest BCUT2D eigenvalue weighted by Crippen LogP contribution is -2.33. The molecule has 1 aliphatic rings. The number of piperidine rings is 1. The van der Waals surface area contributed by atoms with Crippen molar-refractivity contribution < 1.29 is 0 Å². The van der Waals surface area contributed by atoms with Gasteiger partial charge in [-0.05, 0) is 57.5 Å². The minimum absolute atomic E-state index is 0.743. The minimum atomic E-state index is 0.743. The Hall–Kier alpha value is -1.29. The van der Waals surface area contributed by atoms with Crippen LogP contribution in [0.5, 0.6) is 0 Å². The molecular formula is C13H22N4. The lowest BCUT2D eigenvalue weighted by atomic mass is 9.97. The summed E-state index contributed by atoms with van der Waals surface area (Å²) in [6, 6.07) is 1.94. The van der Waals surface area contributed by atoms with Crippen LogP contribution in [0.1, 0.15) is 18.4 Å². The lowest BCUT2D eigenvalue weighted by molar-refractivity contribution is 0.226. The first kappa shape index (κ1) is 12.2. The summed E-state index contributed by atoms with van der Waals surface area (Å²) in [5.41, 5.74) is 7.85. The van der Waals surface area contributed by atoms with E-state index in [9.17, 15) is 0 Å². The van der Waals surface area contributed by atoms with Crippen LogP contribution < -0.4 is 11.1 Å². The van der Waals surface area contributed by atoms with Crippen molar-refractivity contribution in [1.29, 1.82) is 0 Å². The molecule has 1 fully saturated rings. The number of anilines is 2. The molecule has 94 valence electrons. The van der Waals surface area contributed by atoms with Gasteiger partial charge < -0.3 is 16.0 Å². The summed E-state index contributed by atoms with van der Waals surface area (Å²) in [4.78, 5) is 6.68. The van der Waals surface area contributed by atoms with E-state index in [1.807, 2.05) is 19.2 Å². The highest BCUT2D eigenvalue weighted by Gasteiger charge is 2.16. The standard InChI is InChI=1S/C13H22N4/c1-10-3-6-15-13(12(10)14)16-9-11-4-7-17(2)8-5-11/h3,6,11H,4-5,7-9,14H2,1-2H3,(H,15,16). The van der Waals surface area contributed by atoms with Crippen LogP contribution in [-0.4, -0.2) is 36.6 Å². The molecule has 2 rings (SSSR count). The number of rotatable bonds is 3. The van der Waals surface area contributed by atoms with Crippen LogP contribution in [0.25, 0.3) is 0 Å². The average Bonchev–Trinajstić information content (AvgIpc) is 2.33. The first-order valence-electron chi connectivity index (χ1n) is 6.30. The van der Waals surface area contributed by atoms with Gasteiger partial charge in [-0.25, -0.2) is 4.98 Å². The number of nitrogens with zero attached hydrogens (tertiary/aromatic N) is 2. The first-order valence-corrected chi connectivity index (χ1v) is 6.30. The van der Waals surface area contributed by atoms with Gasteiger partial charge in [0.25, 0.3) is 0 Å². The van der Waals surface area contributed by atoms with Gasteiger partial charge in [0.15, 0.2) is 0 Å². The van der Waals surface area contributed by atoms with Crippen LogP contribution in [0.4, 0.5) is 11.5 Å². The minimum Gasteiger partial charge on any atom is -0.396 e. The Morgan fingerprint density at radius 1 is 1.47 bits per heavy atom. The Labute approximate surface area is 103 Å². The molecule has 4 nitrogen and oxygen atoms in total. The van der Waals surface area contributed by atoms with Gasteiger partial charge >= 0.3 is 0 Å². The Morgan fingerprint density at radius 2 is 2.18 bits per heavy atom. The van der Waals surface area contributed by atoms with Crippen molar-refractivity contribution in [3.63, 3.8) is 0 Å². The van der Waals surface area contributed by atoms with Crippen molar-refractivity contribution in [2.45, 2.75) is 19.8 Å². The monoisotopic (exact) mass is 234 g/mol. The highest BCUT2D eigenvalue weighted by Crippen LogP contribution is 2.21. The van der Waals surface area contributed by atoms with E-state index in [2.05, 4.69) is 22.2 Å². The van der Waals surface area contributed by atoms with Crippen LogP contribution in [0.2, 0.25) is 0 Å². The smallest absolute Gasteiger partial charge is 0.149 e. The van der Waals surface area contributed by atoms with Crippen molar-refractivity contribution in [1.82, 2.24) is 9.88 Å². The quantitative estimate of drug-likeness (QED) is 0.836. The molecule has 0 spiro atoms. The molecule has 17 heavy (non-hydrogen) atoms. The SMILES string of the molecule is Cc1ccnc(NCC2CCN(C)CC2)c1N. The third-order valence-electron chi connectivity index (χ3n) is 3.60. The molecule has 0 bridgehead atoms. The van der Waals surface area contributed by atoms with Gasteiger partial charge in [-0.3, -0.25) is 0 Å². The predicted molar refractivity (Wildman–Crippen MR) is 72.1 cm³/mol. The van der Waals surface area contributed by atoms with E-state index in [1.54, 1.807) is 0 Å². The maximum Gasteiger partial charge on any atom is 0.149 e. The summed E-state index contributed by atoms with van der Waals surface area (Å²) in [6.07, 6.45) is 4.33. The zero-order valence-electron chi connectivity index (χ0n) is 10.7. The summed E-state index contributed by atoms with van der Waals surface area (Å²) in [6.45, 7) is 5.39. The van der Waals surface area contributed by atoms with Gasteiger partial charge in [0.1, 0.15) is 5.82 Å². The highest BCUT2D eigenvalue weighted by molar-refractivity contribution is 5.64. The zero-order valence-corrected chi connectivity index (χ0v) is 10.7. The molecule has 1 saturated heterocycles. The number of hydrogen-bond donors (Lipinski definition) is 2.